The standard InChI is InChI=1S/C39H38N4O8/c1-27(2)37(44)49-25-5-23-47-34-17-11-31(12-18-34)41-40-30-9-7-29(8-10-30)39(46)51-36-21-15-33(16-22-36)43-42-32-13-19-35(20-14-32)48-24-6-26-50-38(45)28(3)4/h7-22H,1,3,5-6,23-26H2,2,4H3. The van der Waals surface area contributed by atoms with E-state index in [0.29, 0.717) is 82.8 Å². The van der Waals surface area contributed by atoms with Gasteiger partial charge in [0.2, 0.25) is 0 Å². The van der Waals surface area contributed by atoms with Crippen molar-refractivity contribution >= 4 is 40.7 Å². The van der Waals surface area contributed by atoms with Crippen molar-refractivity contribution in [3.05, 3.63) is 127 Å². The van der Waals surface area contributed by atoms with Crippen molar-refractivity contribution < 1.29 is 38.1 Å². The lowest BCUT2D eigenvalue weighted by molar-refractivity contribution is -0.140. The molecule has 0 fully saturated rings. The molecule has 0 aliphatic heterocycles. The lowest BCUT2D eigenvalue weighted by Gasteiger charge is -2.07. The van der Waals surface area contributed by atoms with Gasteiger partial charge in [-0.25, -0.2) is 14.4 Å². The van der Waals surface area contributed by atoms with Crippen molar-refractivity contribution in [2.75, 3.05) is 26.4 Å². The molecule has 0 spiro atoms. The number of esters is 3. The van der Waals surface area contributed by atoms with Gasteiger partial charge >= 0.3 is 17.9 Å². The highest BCUT2D eigenvalue weighted by molar-refractivity contribution is 5.91. The minimum Gasteiger partial charge on any atom is -0.493 e. The highest BCUT2D eigenvalue weighted by atomic mass is 16.5. The summed E-state index contributed by atoms with van der Waals surface area (Å²) in [6, 6.07) is 27.4. The summed E-state index contributed by atoms with van der Waals surface area (Å²) in [7, 11) is 0. The maximum atomic E-state index is 12.7. The van der Waals surface area contributed by atoms with Crippen LogP contribution in [-0.2, 0) is 19.1 Å². The quantitative estimate of drug-likeness (QED) is 0.0330. The Labute approximate surface area is 296 Å². The summed E-state index contributed by atoms with van der Waals surface area (Å²) in [5.41, 5.74) is 3.48. The van der Waals surface area contributed by atoms with Gasteiger partial charge in [-0.3, -0.25) is 0 Å². The van der Waals surface area contributed by atoms with Crippen LogP contribution >= 0.6 is 0 Å². The lowest BCUT2D eigenvalue weighted by Crippen LogP contribution is -2.09. The first-order valence-corrected chi connectivity index (χ1v) is 16.0. The third kappa shape index (κ3) is 13.2. The Hall–Kier alpha value is -6.43. The SMILES string of the molecule is C=C(C)C(=O)OCCCOc1ccc(N=Nc2ccc(OC(=O)c3ccc(N=Nc4ccc(OCCCOC(=O)C(=C)C)cc4)cc3)cc2)cc1. The van der Waals surface area contributed by atoms with E-state index in [1.165, 1.54) is 0 Å². The first kappa shape index (κ1) is 37.4. The summed E-state index contributed by atoms with van der Waals surface area (Å²) in [4.78, 5) is 35.5. The minimum atomic E-state index is -0.521. The van der Waals surface area contributed by atoms with Gasteiger partial charge in [-0.15, -0.1) is 0 Å². The summed E-state index contributed by atoms with van der Waals surface area (Å²) in [6.45, 7) is 11.6. The Kier molecular flexibility index (Phi) is 14.3. The van der Waals surface area contributed by atoms with E-state index < -0.39 is 17.9 Å². The average Bonchev–Trinajstić information content (AvgIpc) is 3.14. The lowest BCUT2D eigenvalue weighted by atomic mass is 10.2. The van der Waals surface area contributed by atoms with Crippen LogP contribution in [0.3, 0.4) is 0 Å². The summed E-state index contributed by atoms with van der Waals surface area (Å²) in [5, 5.41) is 16.9. The van der Waals surface area contributed by atoms with E-state index in [1.54, 1.807) is 111 Å². The van der Waals surface area contributed by atoms with E-state index in [4.69, 9.17) is 23.7 Å². The van der Waals surface area contributed by atoms with E-state index in [1.807, 2.05) is 0 Å². The van der Waals surface area contributed by atoms with Gasteiger partial charge in [0.25, 0.3) is 0 Å². The van der Waals surface area contributed by atoms with Crippen LogP contribution in [0.4, 0.5) is 22.7 Å². The zero-order chi connectivity index (χ0) is 36.4. The second-order valence-corrected chi connectivity index (χ2v) is 11.1. The van der Waals surface area contributed by atoms with Gasteiger partial charge in [-0.05, 0) is 111 Å². The summed E-state index contributed by atoms with van der Waals surface area (Å²) < 4.78 is 26.9. The molecule has 0 N–H and O–H groups in total. The Morgan fingerprint density at radius 3 is 1.18 bits per heavy atom. The van der Waals surface area contributed by atoms with Gasteiger partial charge in [-0.2, -0.15) is 20.5 Å². The van der Waals surface area contributed by atoms with E-state index in [-0.39, 0.29) is 13.2 Å². The van der Waals surface area contributed by atoms with Crippen LogP contribution in [-0.4, -0.2) is 44.3 Å². The number of hydrogen-bond donors (Lipinski definition) is 0. The second kappa shape index (κ2) is 19.5. The molecule has 0 aromatic heterocycles. The summed E-state index contributed by atoms with van der Waals surface area (Å²) in [6.07, 6.45) is 1.11. The minimum absolute atomic E-state index is 0.257. The summed E-state index contributed by atoms with van der Waals surface area (Å²) >= 11 is 0. The van der Waals surface area contributed by atoms with Crippen molar-refractivity contribution in [2.24, 2.45) is 20.5 Å². The highest BCUT2D eigenvalue weighted by Gasteiger charge is 2.09. The number of nitrogens with zero attached hydrogens (tertiary/aromatic N) is 4. The summed E-state index contributed by atoms with van der Waals surface area (Å²) in [5.74, 6) is 0.334. The van der Waals surface area contributed by atoms with Gasteiger partial charge in [0.15, 0.2) is 0 Å². The molecule has 0 amide bonds. The van der Waals surface area contributed by atoms with Crippen LogP contribution in [0.15, 0.2) is 142 Å². The molecule has 0 saturated carbocycles. The molecule has 0 aliphatic rings. The molecule has 12 nitrogen and oxygen atoms in total. The fourth-order valence-corrected chi connectivity index (χ4v) is 3.93. The number of azo groups is 2. The molecule has 51 heavy (non-hydrogen) atoms. The van der Waals surface area contributed by atoms with Crippen LogP contribution in [0.1, 0.15) is 37.0 Å². The first-order chi connectivity index (χ1) is 24.7. The molecule has 0 heterocycles. The van der Waals surface area contributed by atoms with E-state index in [0.717, 1.165) is 0 Å². The van der Waals surface area contributed by atoms with Gasteiger partial charge in [0, 0.05) is 24.0 Å². The normalized spacial score (nSPS) is 10.9. The first-order valence-electron chi connectivity index (χ1n) is 16.0. The smallest absolute Gasteiger partial charge is 0.343 e. The average molecular weight is 691 g/mol. The molecule has 0 saturated heterocycles. The van der Waals surface area contributed by atoms with Crippen LogP contribution in [0.5, 0.6) is 17.2 Å². The van der Waals surface area contributed by atoms with Crippen LogP contribution in [0.2, 0.25) is 0 Å². The number of carbonyl (C=O) groups excluding carboxylic acids is 3. The maximum absolute atomic E-state index is 12.7. The topological polar surface area (TPSA) is 147 Å². The Balaban J connectivity index is 1.17. The highest BCUT2D eigenvalue weighted by Crippen LogP contribution is 2.25. The molecule has 4 rings (SSSR count). The number of hydrogen-bond acceptors (Lipinski definition) is 12. The van der Waals surface area contributed by atoms with Crippen molar-refractivity contribution in [3.8, 4) is 17.2 Å². The predicted octanol–water partition coefficient (Wildman–Crippen LogP) is 9.51. The third-order valence-electron chi connectivity index (χ3n) is 6.66. The molecule has 4 aromatic carbocycles. The second-order valence-electron chi connectivity index (χ2n) is 11.1. The van der Waals surface area contributed by atoms with Crippen LogP contribution in [0, 0.1) is 0 Å². The van der Waals surface area contributed by atoms with Crippen molar-refractivity contribution in [3.63, 3.8) is 0 Å². The zero-order valence-corrected chi connectivity index (χ0v) is 28.4. The number of ether oxygens (including phenoxy) is 5. The van der Waals surface area contributed by atoms with E-state index in [9.17, 15) is 14.4 Å². The number of carbonyl (C=O) groups is 3. The zero-order valence-electron chi connectivity index (χ0n) is 28.4. The van der Waals surface area contributed by atoms with Crippen molar-refractivity contribution in [1.82, 2.24) is 0 Å². The van der Waals surface area contributed by atoms with Crippen molar-refractivity contribution in [1.29, 1.82) is 0 Å². The van der Waals surface area contributed by atoms with Gasteiger partial charge in [-0.1, -0.05) is 13.2 Å². The maximum Gasteiger partial charge on any atom is 0.343 e. The van der Waals surface area contributed by atoms with Crippen LogP contribution < -0.4 is 14.2 Å². The van der Waals surface area contributed by atoms with Gasteiger partial charge in [0.05, 0.1) is 54.7 Å². The molecular formula is C39H38N4O8. The molecule has 0 radical (unpaired) electrons. The molecular weight excluding hydrogens is 652 g/mol. The number of benzene rings is 4. The molecule has 12 heteroatoms. The number of rotatable bonds is 18. The molecule has 4 aromatic rings. The molecule has 0 aliphatic carbocycles. The van der Waals surface area contributed by atoms with E-state index in [2.05, 4.69) is 33.6 Å². The Morgan fingerprint density at radius 2 is 0.824 bits per heavy atom. The van der Waals surface area contributed by atoms with Crippen LogP contribution in [0.25, 0.3) is 0 Å². The predicted molar refractivity (Wildman–Crippen MR) is 191 cm³/mol. The molecule has 0 unspecified atom stereocenters. The molecule has 0 bridgehead atoms. The van der Waals surface area contributed by atoms with Gasteiger partial charge < -0.3 is 23.7 Å². The van der Waals surface area contributed by atoms with E-state index >= 15 is 0 Å². The Morgan fingerprint density at radius 1 is 0.490 bits per heavy atom. The fourth-order valence-electron chi connectivity index (χ4n) is 3.93. The largest absolute Gasteiger partial charge is 0.493 e. The Bertz CT molecular complexity index is 1850. The molecule has 262 valence electrons. The fraction of sp³-hybridized carbons (Fsp3) is 0.205. The molecule has 0 atom stereocenters. The van der Waals surface area contributed by atoms with Gasteiger partial charge in [0.1, 0.15) is 17.2 Å². The third-order valence-corrected chi connectivity index (χ3v) is 6.66. The van der Waals surface area contributed by atoms with Crippen molar-refractivity contribution in [2.45, 2.75) is 26.7 Å². The monoisotopic (exact) mass is 690 g/mol.